The van der Waals surface area contributed by atoms with Crippen molar-refractivity contribution < 1.29 is 13.9 Å². The lowest BCUT2D eigenvalue weighted by molar-refractivity contribution is -0.128. The molecule has 1 amide bonds. The highest BCUT2D eigenvalue weighted by Crippen LogP contribution is 2.27. The molecule has 2 fully saturated rings. The lowest BCUT2D eigenvalue weighted by Gasteiger charge is -2.35. The number of halogens is 2. The van der Waals surface area contributed by atoms with Crippen LogP contribution in [0.4, 0.5) is 4.39 Å². The molecule has 3 rings (SSSR count). The monoisotopic (exact) mass is 384 g/mol. The molecule has 26 heavy (non-hydrogen) atoms. The van der Waals surface area contributed by atoms with Gasteiger partial charge in [0.15, 0.2) is 0 Å². The molecule has 0 unspecified atom stereocenters. The minimum absolute atomic E-state index is 0.174. The third-order valence-electron chi connectivity index (χ3n) is 5.38. The molecule has 1 aromatic carbocycles. The molecular weight excluding hydrogens is 355 g/mol. The van der Waals surface area contributed by atoms with Crippen LogP contribution in [0.5, 0.6) is 0 Å². The van der Waals surface area contributed by atoms with E-state index in [1.807, 2.05) is 0 Å². The average molecular weight is 385 g/mol. The number of hydrogen-bond donors (Lipinski definition) is 2. The van der Waals surface area contributed by atoms with Crippen LogP contribution in [-0.2, 0) is 9.53 Å². The number of hydrogen-bond acceptors (Lipinski definition) is 3. The molecule has 1 saturated carbocycles. The third kappa shape index (κ3) is 6.53. The minimum atomic E-state index is -0.507. The molecule has 1 heterocycles. The van der Waals surface area contributed by atoms with E-state index < -0.39 is 5.54 Å². The van der Waals surface area contributed by atoms with Crippen molar-refractivity contribution >= 4 is 17.5 Å². The Kier molecular flexibility index (Phi) is 8.82. The molecule has 0 spiro atoms. The first-order valence-electron chi connectivity index (χ1n) is 9.56. The first-order valence-corrected chi connectivity index (χ1v) is 9.94. The minimum Gasteiger partial charge on any atom is -0.381 e. The van der Waals surface area contributed by atoms with Crippen LogP contribution in [0.25, 0.3) is 0 Å². The Balaban J connectivity index is 0.000000254. The van der Waals surface area contributed by atoms with Gasteiger partial charge >= 0.3 is 0 Å². The van der Waals surface area contributed by atoms with Crippen molar-refractivity contribution in [3.8, 4) is 0 Å². The zero-order valence-corrected chi connectivity index (χ0v) is 16.1. The van der Waals surface area contributed by atoms with Crippen LogP contribution in [0.15, 0.2) is 24.3 Å². The Morgan fingerprint density at radius 3 is 2.42 bits per heavy atom. The smallest absolute Gasteiger partial charge is 0.237 e. The predicted molar refractivity (Wildman–Crippen MR) is 103 cm³/mol. The van der Waals surface area contributed by atoms with Gasteiger partial charge in [-0.15, -0.1) is 0 Å². The van der Waals surface area contributed by atoms with Crippen LogP contribution in [0, 0.1) is 11.7 Å². The number of carbonyl (C=O) groups excluding carboxylic acids is 1. The lowest BCUT2D eigenvalue weighted by atomic mass is 9.85. The zero-order chi connectivity index (χ0) is 18.8. The van der Waals surface area contributed by atoms with Gasteiger partial charge in [-0.3, -0.25) is 4.79 Å². The Labute approximate surface area is 160 Å². The van der Waals surface area contributed by atoms with Gasteiger partial charge < -0.3 is 15.8 Å². The molecule has 146 valence electrons. The molecule has 3 N–H and O–H groups in total. The fourth-order valence-electron chi connectivity index (χ4n) is 3.66. The topological polar surface area (TPSA) is 64.4 Å². The molecule has 1 aliphatic carbocycles. The summed E-state index contributed by atoms with van der Waals surface area (Å²) in [6.45, 7) is 2.19. The van der Waals surface area contributed by atoms with Gasteiger partial charge in [-0.25, -0.2) is 4.39 Å². The zero-order valence-electron chi connectivity index (χ0n) is 15.3. The average Bonchev–Trinajstić information content (AvgIpc) is 2.66. The molecule has 0 atom stereocenters. The van der Waals surface area contributed by atoms with E-state index in [1.165, 1.54) is 50.7 Å². The Bertz CT molecular complexity index is 537. The van der Waals surface area contributed by atoms with Crippen molar-refractivity contribution in [2.75, 3.05) is 19.8 Å². The van der Waals surface area contributed by atoms with Crippen molar-refractivity contribution in [3.05, 3.63) is 35.1 Å². The largest absolute Gasteiger partial charge is 0.381 e. The van der Waals surface area contributed by atoms with Crippen molar-refractivity contribution in [1.82, 2.24) is 5.32 Å². The van der Waals surface area contributed by atoms with E-state index in [0.29, 0.717) is 26.1 Å². The molecule has 1 saturated heterocycles. The summed E-state index contributed by atoms with van der Waals surface area (Å²) in [7, 11) is 0. The maximum absolute atomic E-state index is 12.2. The number of nitrogens with one attached hydrogen (secondary N) is 1. The number of benzene rings is 1. The maximum Gasteiger partial charge on any atom is 0.237 e. The summed E-state index contributed by atoms with van der Waals surface area (Å²) < 4.78 is 17.5. The summed E-state index contributed by atoms with van der Waals surface area (Å²) in [5.41, 5.74) is 5.06. The molecule has 0 radical (unpaired) electrons. The maximum atomic E-state index is 12.2. The normalized spacial score (nSPS) is 20.1. The van der Waals surface area contributed by atoms with Crippen molar-refractivity contribution in [2.45, 2.75) is 56.9 Å². The second-order valence-electron chi connectivity index (χ2n) is 7.19. The molecular formula is C20H30ClFN2O2. The van der Waals surface area contributed by atoms with Gasteiger partial charge in [0.05, 0.1) is 5.02 Å². The van der Waals surface area contributed by atoms with Crippen molar-refractivity contribution in [1.29, 1.82) is 0 Å². The number of rotatable bonds is 5. The van der Waals surface area contributed by atoms with Gasteiger partial charge in [0.1, 0.15) is 11.4 Å². The van der Waals surface area contributed by atoms with E-state index in [0.717, 1.165) is 12.5 Å². The number of carbonyl (C=O) groups is 1. The summed E-state index contributed by atoms with van der Waals surface area (Å²) in [4.78, 5) is 11.7. The van der Waals surface area contributed by atoms with Crippen molar-refractivity contribution in [2.24, 2.45) is 11.7 Å². The van der Waals surface area contributed by atoms with Gasteiger partial charge in [0.25, 0.3) is 0 Å². The first-order chi connectivity index (χ1) is 12.5. The SMILES string of the molecule is Fc1ccccc1Cl.NC(=O)C1(NCCC2CCCCC2)CCOCC1. The Morgan fingerprint density at radius 2 is 1.88 bits per heavy atom. The third-order valence-corrected chi connectivity index (χ3v) is 5.69. The fourth-order valence-corrected chi connectivity index (χ4v) is 3.80. The van der Waals surface area contributed by atoms with Gasteiger partial charge in [-0.05, 0) is 43.9 Å². The second kappa shape index (κ2) is 10.9. The summed E-state index contributed by atoms with van der Waals surface area (Å²) in [5, 5.41) is 3.60. The van der Waals surface area contributed by atoms with E-state index >= 15 is 0 Å². The van der Waals surface area contributed by atoms with E-state index in [-0.39, 0.29) is 16.7 Å². The van der Waals surface area contributed by atoms with Crippen molar-refractivity contribution in [3.63, 3.8) is 0 Å². The molecule has 0 aromatic heterocycles. The highest BCUT2D eigenvalue weighted by molar-refractivity contribution is 6.30. The standard InChI is InChI=1S/C14H26N2O2.C6H4ClF/c15-13(17)14(7-10-18-11-8-14)16-9-6-12-4-2-1-3-5-12;7-5-3-1-2-4-6(5)8/h12,16H,1-11H2,(H2,15,17);1-4H. The highest BCUT2D eigenvalue weighted by Gasteiger charge is 2.37. The number of ether oxygens (including phenoxy) is 1. The molecule has 6 heteroatoms. The van der Waals surface area contributed by atoms with Gasteiger partial charge in [-0.1, -0.05) is 55.8 Å². The van der Waals surface area contributed by atoms with E-state index in [2.05, 4.69) is 5.32 Å². The predicted octanol–water partition coefficient (Wildman–Crippen LogP) is 4.06. The fraction of sp³-hybridized carbons (Fsp3) is 0.650. The quantitative estimate of drug-likeness (QED) is 0.804. The van der Waals surface area contributed by atoms with E-state index in [1.54, 1.807) is 12.1 Å². The number of nitrogens with two attached hydrogens (primary N) is 1. The summed E-state index contributed by atoms with van der Waals surface area (Å²) in [6, 6.07) is 6.12. The second-order valence-corrected chi connectivity index (χ2v) is 7.60. The molecule has 4 nitrogen and oxygen atoms in total. The molecule has 0 bridgehead atoms. The summed E-state index contributed by atoms with van der Waals surface area (Å²) in [5.74, 6) is 0.264. The van der Waals surface area contributed by atoms with Crippen LogP contribution in [0.3, 0.4) is 0 Å². The molecule has 2 aliphatic rings. The highest BCUT2D eigenvalue weighted by atomic mass is 35.5. The van der Waals surface area contributed by atoms with Gasteiger partial charge in [0.2, 0.25) is 5.91 Å². The summed E-state index contributed by atoms with van der Waals surface area (Å²) in [6.07, 6.45) is 9.46. The van der Waals surface area contributed by atoms with Crippen LogP contribution >= 0.6 is 11.6 Å². The summed E-state index contributed by atoms with van der Waals surface area (Å²) >= 11 is 5.33. The van der Waals surface area contributed by atoms with Crippen LogP contribution in [-0.4, -0.2) is 31.2 Å². The van der Waals surface area contributed by atoms with Gasteiger partial charge in [-0.2, -0.15) is 0 Å². The van der Waals surface area contributed by atoms with Gasteiger partial charge in [0, 0.05) is 13.2 Å². The van der Waals surface area contributed by atoms with E-state index in [9.17, 15) is 9.18 Å². The lowest BCUT2D eigenvalue weighted by Crippen LogP contribution is -2.58. The number of amides is 1. The molecule has 1 aromatic rings. The Morgan fingerprint density at radius 1 is 1.23 bits per heavy atom. The van der Waals surface area contributed by atoms with Crippen LogP contribution in [0.1, 0.15) is 51.4 Å². The van der Waals surface area contributed by atoms with Crippen LogP contribution < -0.4 is 11.1 Å². The number of primary amides is 1. The first kappa shape index (κ1) is 21.1. The molecule has 1 aliphatic heterocycles. The van der Waals surface area contributed by atoms with E-state index in [4.69, 9.17) is 22.1 Å². The Hall–Kier alpha value is -1.17. The van der Waals surface area contributed by atoms with Crippen LogP contribution in [0.2, 0.25) is 5.02 Å².